The zero-order valence-corrected chi connectivity index (χ0v) is 13.0. The average Bonchev–Trinajstić information content (AvgIpc) is 2.99. The first-order valence-corrected chi connectivity index (χ1v) is 7.38. The Morgan fingerprint density at radius 2 is 2.19 bits per heavy atom. The van der Waals surface area contributed by atoms with E-state index in [9.17, 15) is 9.90 Å². The van der Waals surface area contributed by atoms with Crippen LogP contribution in [-0.2, 0) is 16.1 Å². The topological polar surface area (TPSA) is 74.9 Å². The first kappa shape index (κ1) is 17.7. The van der Waals surface area contributed by atoms with Crippen molar-refractivity contribution in [1.29, 1.82) is 0 Å². The molecule has 0 aliphatic carbocycles. The quantitative estimate of drug-likeness (QED) is 0.674. The summed E-state index contributed by atoms with van der Waals surface area (Å²) in [6.45, 7) is 7.92. The van der Waals surface area contributed by atoms with Crippen LogP contribution in [0.1, 0.15) is 26.5 Å². The Hall–Kier alpha value is -1.37. The Kier molecular flexibility index (Phi) is 8.04. The molecule has 0 fully saturated rings. The number of nitrogens with one attached hydrogen (secondary N) is 1. The monoisotopic (exact) mass is 298 g/mol. The van der Waals surface area contributed by atoms with Gasteiger partial charge in [0.2, 0.25) is 5.91 Å². The van der Waals surface area contributed by atoms with Gasteiger partial charge in [0.15, 0.2) is 0 Å². The number of hydrogen-bond acceptors (Lipinski definition) is 5. The smallest absolute Gasteiger partial charge is 0.239 e. The second-order valence-corrected chi connectivity index (χ2v) is 4.89. The molecule has 0 bridgehead atoms. The third kappa shape index (κ3) is 6.29. The number of likely N-dealkylation sites (N-methyl/N-ethyl adjacent to an activating group) is 1. The second kappa shape index (κ2) is 9.55. The molecule has 0 aliphatic rings. The molecule has 1 aromatic heterocycles. The number of furan rings is 1. The van der Waals surface area contributed by atoms with Crippen molar-refractivity contribution in [2.24, 2.45) is 0 Å². The normalized spacial score (nSPS) is 13.9. The van der Waals surface area contributed by atoms with Gasteiger partial charge in [-0.1, -0.05) is 0 Å². The third-order valence-corrected chi connectivity index (χ3v) is 3.24. The fourth-order valence-corrected chi connectivity index (χ4v) is 1.96. The minimum Gasteiger partial charge on any atom is -0.467 e. The molecule has 0 aromatic carbocycles. The van der Waals surface area contributed by atoms with Gasteiger partial charge < -0.3 is 24.5 Å². The lowest BCUT2D eigenvalue weighted by Crippen LogP contribution is -2.47. The van der Waals surface area contributed by atoms with E-state index in [1.165, 1.54) is 0 Å². The average molecular weight is 298 g/mol. The molecule has 120 valence electrons. The van der Waals surface area contributed by atoms with Crippen LogP contribution in [0.4, 0.5) is 0 Å². The summed E-state index contributed by atoms with van der Waals surface area (Å²) in [4.78, 5) is 13.8. The number of rotatable bonds is 10. The van der Waals surface area contributed by atoms with Gasteiger partial charge in [-0.2, -0.15) is 0 Å². The van der Waals surface area contributed by atoms with Gasteiger partial charge >= 0.3 is 0 Å². The van der Waals surface area contributed by atoms with Gasteiger partial charge in [-0.15, -0.1) is 0 Å². The lowest BCUT2D eigenvalue weighted by Gasteiger charge is -2.24. The van der Waals surface area contributed by atoms with E-state index in [1.54, 1.807) is 24.2 Å². The van der Waals surface area contributed by atoms with Crippen molar-refractivity contribution < 1.29 is 19.1 Å². The molecule has 0 spiro atoms. The fraction of sp³-hybridized carbons (Fsp3) is 0.667. The van der Waals surface area contributed by atoms with Crippen molar-refractivity contribution in [3.63, 3.8) is 0 Å². The minimum atomic E-state index is -0.660. The largest absolute Gasteiger partial charge is 0.467 e. The van der Waals surface area contributed by atoms with Crippen molar-refractivity contribution >= 4 is 5.91 Å². The highest BCUT2D eigenvalue weighted by molar-refractivity contribution is 5.81. The van der Waals surface area contributed by atoms with Crippen LogP contribution in [0.5, 0.6) is 0 Å². The van der Waals surface area contributed by atoms with E-state index < -0.39 is 6.10 Å². The maximum absolute atomic E-state index is 12.0. The van der Waals surface area contributed by atoms with Crippen molar-refractivity contribution in [3.05, 3.63) is 24.2 Å². The number of hydrogen-bond donors (Lipinski definition) is 2. The van der Waals surface area contributed by atoms with E-state index in [4.69, 9.17) is 9.15 Å². The molecule has 1 aromatic rings. The summed E-state index contributed by atoms with van der Waals surface area (Å²) in [6, 6.07) is 3.29. The number of aliphatic hydroxyl groups is 1. The number of aliphatic hydroxyl groups excluding tert-OH is 1. The Morgan fingerprint density at radius 1 is 1.48 bits per heavy atom. The van der Waals surface area contributed by atoms with Crippen LogP contribution in [0.15, 0.2) is 22.8 Å². The Labute approximate surface area is 126 Å². The molecule has 1 amide bonds. The summed E-state index contributed by atoms with van der Waals surface area (Å²) in [5.74, 6) is 0.768. The molecular formula is C15H26N2O4. The van der Waals surface area contributed by atoms with Crippen molar-refractivity contribution in [3.8, 4) is 0 Å². The molecule has 1 heterocycles. The highest BCUT2D eigenvalue weighted by atomic mass is 16.5. The molecule has 0 saturated heterocycles. The molecule has 2 atom stereocenters. The highest BCUT2D eigenvalue weighted by Gasteiger charge is 2.18. The number of amides is 1. The molecule has 2 N–H and O–H groups in total. The Balaban J connectivity index is 2.19. The van der Waals surface area contributed by atoms with Crippen LogP contribution in [0.25, 0.3) is 0 Å². The molecule has 0 saturated carbocycles. The van der Waals surface area contributed by atoms with Gasteiger partial charge in [-0.05, 0) is 32.9 Å². The molecule has 6 heteroatoms. The number of carbonyl (C=O) groups is 1. The summed E-state index contributed by atoms with van der Waals surface area (Å²) in [7, 11) is 0. The maximum Gasteiger partial charge on any atom is 0.239 e. The van der Waals surface area contributed by atoms with Gasteiger partial charge in [-0.3, -0.25) is 4.79 Å². The highest BCUT2D eigenvalue weighted by Crippen LogP contribution is 2.02. The van der Waals surface area contributed by atoms with Crippen molar-refractivity contribution in [2.75, 3.05) is 26.2 Å². The van der Waals surface area contributed by atoms with E-state index in [-0.39, 0.29) is 18.6 Å². The van der Waals surface area contributed by atoms with Gasteiger partial charge in [0, 0.05) is 19.6 Å². The SMILES string of the molecule is CCN(CC)C(=O)C(C)NCC(O)COCc1ccco1. The van der Waals surface area contributed by atoms with Crippen LogP contribution < -0.4 is 5.32 Å². The van der Waals surface area contributed by atoms with Crippen LogP contribution in [0, 0.1) is 0 Å². The first-order valence-electron chi connectivity index (χ1n) is 7.38. The summed E-state index contributed by atoms with van der Waals surface area (Å²) in [5.41, 5.74) is 0. The van der Waals surface area contributed by atoms with Gasteiger partial charge in [0.25, 0.3) is 0 Å². The van der Waals surface area contributed by atoms with Crippen LogP contribution in [-0.4, -0.2) is 54.3 Å². The van der Waals surface area contributed by atoms with E-state index in [2.05, 4.69) is 5.32 Å². The van der Waals surface area contributed by atoms with E-state index >= 15 is 0 Å². The zero-order chi connectivity index (χ0) is 15.7. The van der Waals surface area contributed by atoms with Crippen molar-refractivity contribution in [2.45, 2.75) is 39.5 Å². The van der Waals surface area contributed by atoms with Gasteiger partial charge in [0.1, 0.15) is 12.4 Å². The molecule has 1 rings (SSSR count). The lowest BCUT2D eigenvalue weighted by molar-refractivity contribution is -0.132. The first-order chi connectivity index (χ1) is 10.1. The summed E-state index contributed by atoms with van der Waals surface area (Å²) in [5, 5.41) is 12.8. The molecule has 21 heavy (non-hydrogen) atoms. The third-order valence-electron chi connectivity index (χ3n) is 3.24. The summed E-state index contributed by atoms with van der Waals surface area (Å²) >= 11 is 0. The minimum absolute atomic E-state index is 0.0451. The number of carbonyl (C=O) groups excluding carboxylic acids is 1. The second-order valence-electron chi connectivity index (χ2n) is 4.89. The predicted octanol–water partition coefficient (Wildman–Crippen LogP) is 1.00. The molecule has 0 aliphatic heterocycles. The zero-order valence-electron chi connectivity index (χ0n) is 13.0. The molecule has 6 nitrogen and oxygen atoms in total. The van der Waals surface area contributed by atoms with Gasteiger partial charge in [-0.25, -0.2) is 0 Å². The standard InChI is InChI=1S/C15H26N2O4/c1-4-17(5-2)15(19)12(3)16-9-13(18)10-20-11-14-7-6-8-21-14/h6-8,12-13,16,18H,4-5,9-11H2,1-3H3. The van der Waals surface area contributed by atoms with E-state index in [1.807, 2.05) is 19.9 Å². The fourth-order valence-electron chi connectivity index (χ4n) is 1.96. The molecule has 0 radical (unpaired) electrons. The van der Waals surface area contributed by atoms with Crippen LogP contribution in [0.2, 0.25) is 0 Å². The van der Waals surface area contributed by atoms with Crippen molar-refractivity contribution in [1.82, 2.24) is 10.2 Å². The maximum atomic E-state index is 12.0. The molecule has 2 unspecified atom stereocenters. The van der Waals surface area contributed by atoms with Gasteiger partial charge in [0.05, 0.1) is 25.0 Å². The molecular weight excluding hydrogens is 272 g/mol. The number of nitrogens with zero attached hydrogens (tertiary/aromatic N) is 1. The lowest BCUT2D eigenvalue weighted by atomic mass is 10.2. The Bertz CT molecular complexity index is 390. The summed E-state index contributed by atoms with van der Waals surface area (Å²) in [6.07, 6.45) is 0.920. The Morgan fingerprint density at radius 3 is 2.76 bits per heavy atom. The predicted molar refractivity (Wildman–Crippen MR) is 79.8 cm³/mol. The summed E-state index contributed by atoms with van der Waals surface area (Å²) < 4.78 is 10.5. The van der Waals surface area contributed by atoms with E-state index in [0.29, 0.717) is 26.2 Å². The van der Waals surface area contributed by atoms with Crippen LogP contribution in [0.3, 0.4) is 0 Å². The van der Waals surface area contributed by atoms with E-state index in [0.717, 1.165) is 5.76 Å². The van der Waals surface area contributed by atoms with Crippen LogP contribution >= 0.6 is 0 Å². The number of ether oxygens (including phenoxy) is 1.